The maximum Gasteiger partial charge on any atom is 0.308 e. The summed E-state index contributed by atoms with van der Waals surface area (Å²) in [5.41, 5.74) is 4.12. The number of hydrogen-bond donors (Lipinski definition) is 1. The summed E-state index contributed by atoms with van der Waals surface area (Å²) in [5.74, 6) is -2.45. The smallest absolute Gasteiger partial charge is 0.241 e. The molecule has 34 heavy (non-hydrogen) atoms. The van der Waals surface area contributed by atoms with Crippen molar-refractivity contribution < 1.29 is 8.78 Å². The molecule has 0 saturated heterocycles. The number of nitrogens with zero attached hydrogens (tertiary/aromatic N) is 6. The first-order valence-corrected chi connectivity index (χ1v) is 11.4. The summed E-state index contributed by atoms with van der Waals surface area (Å²) in [4.78, 5) is 4.14. The van der Waals surface area contributed by atoms with Crippen LogP contribution >= 0.6 is 0 Å². The summed E-state index contributed by atoms with van der Waals surface area (Å²) in [7, 11) is 0. The van der Waals surface area contributed by atoms with Gasteiger partial charge in [0.2, 0.25) is 11.6 Å². The van der Waals surface area contributed by atoms with Crippen LogP contribution < -0.4 is 0 Å². The van der Waals surface area contributed by atoms with Crippen molar-refractivity contribution in [1.82, 2.24) is 35.4 Å². The molecule has 1 N–H and O–H groups in total. The molecule has 0 aliphatic heterocycles. The van der Waals surface area contributed by atoms with Gasteiger partial charge in [0, 0.05) is 12.0 Å². The Morgan fingerprint density at radius 2 is 1.82 bits per heavy atom. The van der Waals surface area contributed by atoms with Gasteiger partial charge in [-0.1, -0.05) is 62.4 Å². The molecule has 0 saturated carbocycles. The molecule has 0 unspecified atom stereocenters. The SMILES string of the molecule is CCC=Cc1nc(C(F)(F)CCC)nn1Cc1ccc(Cc2cccc(-c3nn[nH]n3)c2)cc1. The summed E-state index contributed by atoms with van der Waals surface area (Å²) in [6.07, 6.45) is 5.28. The van der Waals surface area contributed by atoms with Gasteiger partial charge in [0.15, 0.2) is 5.82 Å². The summed E-state index contributed by atoms with van der Waals surface area (Å²) in [5, 5.41) is 18.3. The molecule has 0 aliphatic carbocycles. The molecule has 0 atom stereocenters. The first-order chi connectivity index (χ1) is 16.5. The molecule has 2 heterocycles. The molecule has 2 aromatic heterocycles. The highest BCUT2D eigenvalue weighted by Gasteiger charge is 2.35. The third kappa shape index (κ3) is 5.59. The molecule has 9 heteroatoms. The van der Waals surface area contributed by atoms with Crippen LogP contribution in [0.2, 0.25) is 0 Å². The van der Waals surface area contributed by atoms with E-state index >= 15 is 0 Å². The van der Waals surface area contributed by atoms with Crippen molar-refractivity contribution in [1.29, 1.82) is 0 Å². The Balaban J connectivity index is 1.50. The second kappa shape index (κ2) is 10.5. The predicted octanol–water partition coefficient (Wildman–Crippen LogP) is 5.41. The van der Waals surface area contributed by atoms with E-state index in [2.05, 4.69) is 36.8 Å². The molecule has 2 aromatic carbocycles. The fraction of sp³-hybridized carbons (Fsp3) is 0.320. The van der Waals surface area contributed by atoms with Gasteiger partial charge < -0.3 is 0 Å². The number of aromatic nitrogens is 7. The second-order valence-electron chi connectivity index (χ2n) is 8.15. The Morgan fingerprint density at radius 3 is 2.53 bits per heavy atom. The van der Waals surface area contributed by atoms with E-state index in [1.807, 2.05) is 55.5 Å². The monoisotopic (exact) mass is 463 g/mol. The van der Waals surface area contributed by atoms with Gasteiger partial charge in [-0.05, 0) is 53.3 Å². The molecule has 4 aromatic rings. The first-order valence-electron chi connectivity index (χ1n) is 11.4. The van der Waals surface area contributed by atoms with Gasteiger partial charge in [-0.2, -0.15) is 14.0 Å². The highest BCUT2D eigenvalue weighted by Crippen LogP contribution is 2.31. The van der Waals surface area contributed by atoms with Crippen molar-refractivity contribution >= 4 is 6.08 Å². The highest BCUT2D eigenvalue weighted by molar-refractivity contribution is 5.55. The molecular formula is C25H27F2N7. The number of nitrogens with one attached hydrogen (secondary N) is 1. The van der Waals surface area contributed by atoms with Gasteiger partial charge in [-0.15, -0.1) is 15.3 Å². The third-order valence-electron chi connectivity index (χ3n) is 5.39. The summed E-state index contributed by atoms with van der Waals surface area (Å²) in [6, 6.07) is 16.1. The minimum absolute atomic E-state index is 0.267. The molecule has 0 spiro atoms. The first kappa shape index (κ1) is 23.4. The molecule has 0 bridgehead atoms. The van der Waals surface area contributed by atoms with E-state index in [0.717, 1.165) is 35.1 Å². The molecule has 0 radical (unpaired) electrons. The molecule has 0 aliphatic rings. The summed E-state index contributed by atoms with van der Waals surface area (Å²) >= 11 is 0. The fourth-order valence-corrected chi connectivity index (χ4v) is 3.67. The Kier molecular flexibility index (Phi) is 7.20. The molecule has 176 valence electrons. The Labute approximate surface area is 196 Å². The standard InChI is InChI=1S/C25H27F2N7/c1-3-5-9-22-28-24(25(26,27)14-4-2)31-34(22)17-19-12-10-18(11-13-19)15-20-7-6-8-21(16-20)23-29-32-33-30-23/h5-13,16H,3-4,14-15,17H2,1-2H3,(H,29,30,32,33). The van der Waals surface area contributed by atoms with Gasteiger partial charge in [-0.25, -0.2) is 9.67 Å². The Hall–Kier alpha value is -3.75. The molecule has 7 nitrogen and oxygen atoms in total. The average molecular weight is 464 g/mol. The quantitative estimate of drug-likeness (QED) is 0.340. The van der Waals surface area contributed by atoms with Gasteiger partial charge in [-0.3, -0.25) is 0 Å². The zero-order valence-corrected chi connectivity index (χ0v) is 19.2. The van der Waals surface area contributed by atoms with Gasteiger partial charge in [0.1, 0.15) is 0 Å². The molecule has 0 amide bonds. The normalized spacial score (nSPS) is 12.0. The Bertz CT molecular complexity index is 1230. The second-order valence-corrected chi connectivity index (χ2v) is 8.15. The van der Waals surface area contributed by atoms with Crippen molar-refractivity contribution in [3.63, 3.8) is 0 Å². The van der Waals surface area contributed by atoms with Crippen molar-refractivity contribution in [2.24, 2.45) is 0 Å². The third-order valence-corrected chi connectivity index (χ3v) is 5.39. The number of alkyl halides is 2. The Morgan fingerprint density at radius 1 is 1.03 bits per heavy atom. The van der Waals surface area contributed by atoms with Crippen LogP contribution in [0.15, 0.2) is 54.6 Å². The minimum atomic E-state index is -3.03. The topological polar surface area (TPSA) is 85.2 Å². The molecule has 0 fully saturated rings. The number of hydrogen-bond acceptors (Lipinski definition) is 5. The van der Waals surface area contributed by atoms with Crippen molar-refractivity contribution in [3.8, 4) is 11.4 Å². The van der Waals surface area contributed by atoms with Crippen LogP contribution in [0.3, 0.4) is 0 Å². The van der Waals surface area contributed by atoms with Gasteiger partial charge >= 0.3 is 5.92 Å². The molecule has 4 rings (SSSR count). The number of H-pyrrole nitrogens is 1. The number of aromatic amines is 1. The number of tetrazole rings is 1. The van der Waals surface area contributed by atoms with E-state index < -0.39 is 11.7 Å². The number of benzene rings is 2. The van der Waals surface area contributed by atoms with E-state index in [1.54, 1.807) is 17.7 Å². The largest absolute Gasteiger partial charge is 0.308 e. The lowest BCUT2D eigenvalue weighted by Gasteiger charge is -2.10. The maximum atomic E-state index is 14.4. The van der Waals surface area contributed by atoms with Gasteiger partial charge in [0.05, 0.1) is 6.54 Å². The van der Waals surface area contributed by atoms with Crippen LogP contribution in [-0.2, 0) is 18.9 Å². The van der Waals surface area contributed by atoms with E-state index in [1.165, 1.54) is 0 Å². The zero-order valence-electron chi connectivity index (χ0n) is 19.2. The molecular weight excluding hydrogens is 436 g/mol. The van der Waals surface area contributed by atoms with E-state index in [-0.39, 0.29) is 6.42 Å². The predicted molar refractivity (Wildman–Crippen MR) is 126 cm³/mol. The number of halogens is 2. The average Bonchev–Trinajstić information content (AvgIpc) is 3.50. The van der Waals surface area contributed by atoms with Gasteiger partial charge in [0.25, 0.3) is 0 Å². The van der Waals surface area contributed by atoms with Crippen molar-refractivity contribution in [3.05, 3.63) is 82.9 Å². The van der Waals surface area contributed by atoms with Crippen LogP contribution in [0.1, 0.15) is 61.4 Å². The van der Waals surface area contributed by atoms with Crippen molar-refractivity contribution in [2.45, 2.75) is 52.0 Å². The number of allylic oxidation sites excluding steroid dienone is 1. The lowest BCUT2D eigenvalue weighted by molar-refractivity contribution is -0.0232. The lowest BCUT2D eigenvalue weighted by Crippen LogP contribution is -2.15. The summed E-state index contributed by atoms with van der Waals surface area (Å²) in [6.45, 7) is 4.08. The van der Waals surface area contributed by atoms with E-state index in [0.29, 0.717) is 24.6 Å². The maximum absolute atomic E-state index is 14.4. The van der Waals surface area contributed by atoms with Crippen molar-refractivity contribution in [2.75, 3.05) is 0 Å². The van der Waals surface area contributed by atoms with Crippen LogP contribution in [0, 0.1) is 0 Å². The summed E-state index contributed by atoms with van der Waals surface area (Å²) < 4.78 is 30.4. The fourth-order valence-electron chi connectivity index (χ4n) is 3.67. The minimum Gasteiger partial charge on any atom is -0.241 e. The zero-order chi connectivity index (χ0) is 24.0. The van der Waals surface area contributed by atoms with E-state index in [9.17, 15) is 8.78 Å². The van der Waals surface area contributed by atoms with E-state index in [4.69, 9.17) is 0 Å². The van der Waals surface area contributed by atoms with Crippen LogP contribution in [0.5, 0.6) is 0 Å². The van der Waals surface area contributed by atoms with Crippen LogP contribution in [0.25, 0.3) is 17.5 Å². The highest BCUT2D eigenvalue weighted by atomic mass is 19.3. The van der Waals surface area contributed by atoms with Crippen LogP contribution in [0.4, 0.5) is 8.78 Å². The number of rotatable bonds is 10. The lowest BCUT2D eigenvalue weighted by atomic mass is 10.0. The van der Waals surface area contributed by atoms with Crippen LogP contribution in [-0.4, -0.2) is 35.4 Å².